The van der Waals surface area contributed by atoms with Crippen molar-refractivity contribution >= 4 is 11.9 Å². The number of carboxylic acid groups (broad SMARTS) is 1. The van der Waals surface area contributed by atoms with Gasteiger partial charge < -0.3 is 14.4 Å². The van der Waals surface area contributed by atoms with E-state index in [0.29, 0.717) is 44.8 Å². The molecule has 1 aliphatic rings. The zero-order chi connectivity index (χ0) is 16.8. The number of hydrogen-bond donors (Lipinski definition) is 1. The van der Waals surface area contributed by atoms with Crippen molar-refractivity contribution in [2.45, 2.75) is 25.4 Å². The van der Waals surface area contributed by atoms with E-state index in [1.807, 2.05) is 0 Å². The molecule has 124 valence electrons. The predicted octanol–water partition coefficient (Wildman–Crippen LogP) is 2.14. The number of carboxylic acids is 1. The van der Waals surface area contributed by atoms with Gasteiger partial charge in [0.15, 0.2) is 5.76 Å². The average molecular weight is 318 g/mol. The van der Waals surface area contributed by atoms with Crippen LogP contribution in [-0.2, 0) is 11.3 Å². The third-order valence-electron chi connectivity index (χ3n) is 3.83. The second-order valence-electron chi connectivity index (χ2n) is 5.53. The maximum absolute atomic E-state index is 12.4. The highest BCUT2D eigenvalue weighted by atomic mass is 16.4. The molecule has 0 radical (unpaired) electrons. The molecule has 1 fully saturated rings. The first-order valence-corrected chi connectivity index (χ1v) is 7.63. The number of carbonyl (C=O) groups excluding carboxylic acids is 1. The SMILES string of the molecule is C=CCN(CC=C)Cc1ccc(C(=O)N2CCCC2C(=O)O)o1. The van der Waals surface area contributed by atoms with Gasteiger partial charge in [-0.2, -0.15) is 0 Å². The largest absolute Gasteiger partial charge is 0.480 e. The van der Waals surface area contributed by atoms with E-state index < -0.39 is 12.0 Å². The summed E-state index contributed by atoms with van der Waals surface area (Å²) in [6.45, 7) is 9.78. The molecule has 1 aliphatic heterocycles. The first-order chi connectivity index (χ1) is 11.1. The standard InChI is InChI=1S/C17H22N2O4/c1-3-9-18(10-4-2)12-13-7-8-15(23-13)16(20)19-11-5-6-14(19)17(21)22/h3-4,7-8,14H,1-2,5-6,9-12H2,(H,21,22). The van der Waals surface area contributed by atoms with Crippen LogP contribution in [0.4, 0.5) is 0 Å². The van der Waals surface area contributed by atoms with Gasteiger partial charge in [-0.3, -0.25) is 9.69 Å². The Balaban J connectivity index is 2.06. The van der Waals surface area contributed by atoms with Gasteiger partial charge in [0.05, 0.1) is 6.54 Å². The summed E-state index contributed by atoms with van der Waals surface area (Å²) < 4.78 is 5.61. The molecule has 1 unspecified atom stereocenters. The summed E-state index contributed by atoms with van der Waals surface area (Å²) in [7, 11) is 0. The molecule has 0 spiro atoms. The Morgan fingerprint density at radius 2 is 2.04 bits per heavy atom. The normalized spacial score (nSPS) is 17.4. The van der Waals surface area contributed by atoms with Crippen molar-refractivity contribution in [3.63, 3.8) is 0 Å². The van der Waals surface area contributed by atoms with Gasteiger partial charge in [0.2, 0.25) is 0 Å². The van der Waals surface area contributed by atoms with Crippen molar-refractivity contribution in [1.82, 2.24) is 9.80 Å². The van der Waals surface area contributed by atoms with Crippen molar-refractivity contribution in [3.05, 3.63) is 49.0 Å². The number of furan rings is 1. The van der Waals surface area contributed by atoms with E-state index in [0.717, 1.165) is 0 Å². The van der Waals surface area contributed by atoms with Crippen LogP contribution in [0.1, 0.15) is 29.2 Å². The van der Waals surface area contributed by atoms with Crippen LogP contribution in [-0.4, -0.2) is 52.5 Å². The average Bonchev–Trinajstić information content (AvgIpc) is 3.16. The van der Waals surface area contributed by atoms with E-state index in [2.05, 4.69) is 18.1 Å². The van der Waals surface area contributed by atoms with E-state index in [1.165, 1.54) is 4.90 Å². The monoisotopic (exact) mass is 318 g/mol. The molecular formula is C17H22N2O4. The number of rotatable bonds is 8. The maximum atomic E-state index is 12.4. The molecule has 6 heteroatoms. The Morgan fingerprint density at radius 3 is 2.65 bits per heavy atom. The van der Waals surface area contributed by atoms with E-state index in [-0.39, 0.29) is 11.7 Å². The summed E-state index contributed by atoms with van der Waals surface area (Å²) in [5.41, 5.74) is 0. The van der Waals surface area contributed by atoms with Gasteiger partial charge in [-0.15, -0.1) is 13.2 Å². The molecule has 2 heterocycles. The summed E-state index contributed by atoms with van der Waals surface area (Å²) in [5.74, 6) is -0.487. The smallest absolute Gasteiger partial charge is 0.326 e. The topological polar surface area (TPSA) is 74.0 Å². The van der Waals surface area contributed by atoms with Crippen LogP contribution < -0.4 is 0 Å². The molecule has 0 aliphatic carbocycles. The molecule has 1 aromatic rings. The molecule has 23 heavy (non-hydrogen) atoms. The molecule has 6 nitrogen and oxygen atoms in total. The molecule has 0 saturated carbocycles. The van der Waals surface area contributed by atoms with Crippen LogP contribution in [0, 0.1) is 0 Å². The lowest BCUT2D eigenvalue weighted by Gasteiger charge is -2.20. The van der Waals surface area contributed by atoms with Crippen LogP contribution in [0.3, 0.4) is 0 Å². The number of aliphatic carboxylic acids is 1. The van der Waals surface area contributed by atoms with E-state index >= 15 is 0 Å². The Labute approximate surface area is 135 Å². The fraction of sp³-hybridized carbons (Fsp3) is 0.412. The molecule has 1 amide bonds. The van der Waals surface area contributed by atoms with Gasteiger partial charge in [0.25, 0.3) is 5.91 Å². The molecule has 2 rings (SSSR count). The minimum absolute atomic E-state index is 0.185. The number of amides is 1. The lowest BCUT2D eigenvalue weighted by molar-refractivity contribution is -0.141. The molecule has 1 aromatic heterocycles. The van der Waals surface area contributed by atoms with Crippen molar-refractivity contribution in [1.29, 1.82) is 0 Å². The summed E-state index contributed by atoms with van der Waals surface area (Å²) in [6, 6.07) is 2.60. The second kappa shape index (κ2) is 7.78. The summed E-state index contributed by atoms with van der Waals surface area (Å²) >= 11 is 0. The molecule has 1 N–H and O–H groups in total. The van der Waals surface area contributed by atoms with Crippen molar-refractivity contribution < 1.29 is 19.1 Å². The number of hydrogen-bond acceptors (Lipinski definition) is 4. The molecule has 0 bridgehead atoms. The first kappa shape index (κ1) is 17.0. The fourth-order valence-corrected chi connectivity index (χ4v) is 2.78. The van der Waals surface area contributed by atoms with Crippen LogP contribution in [0.5, 0.6) is 0 Å². The van der Waals surface area contributed by atoms with Crippen molar-refractivity contribution in [3.8, 4) is 0 Å². The molecule has 1 saturated heterocycles. The molecule has 1 atom stereocenters. The molecular weight excluding hydrogens is 296 g/mol. The van der Waals surface area contributed by atoms with Gasteiger partial charge in [-0.1, -0.05) is 12.2 Å². The minimum Gasteiger partial charge on any atom is -0.480 e. The Hall–Kier alpha value is -2.34. The first-order valence-electron chi connectivity index (χ1n) is 7.63. The number of likely N-dealkylation sites (tertiary alicyclic amines) is 1. The second-order valence-corrected chi connectivity index (χ2v) is 5.53. The lowest BCUT2D eigenvalue weighted by atomic mass is 10.2. The Morgan fingerprint density at radius 1 is 1.35 bits per heavy atom. The zero-order valence-corrected chi connectivity index (χ0v) is 13.1. The fourth-order valence-electron chi connectivity index (χ4n) is 2.78. The third kappa shape index (κ3) is 4.10. The van der Waals surface area contributed by atoms with Gasteiger partial charge in [0, 0.05) is 19.6 Å². The summed E-state index contributed by atoms with van der Waals surface area (Å²) in [4.78, 5) is 27.1. The van der Waals surface area contributed by atoms with E-state index in [9.17, 15) is 14.7 Å². The maximum Gasteiger partial charge on any atom is 0.326 e. The Bertz CT molecular complexity index is 583. The third-order valence-corrected chi connectivity index (χ3v) is 3.83. The summed E-state index contributed by atoms with van der Waals surface area (Å²) in [5, 5.41) is 9.17. The summed E-state index contributed by atoms with van der Waals surface area (Å²) in [6.07, 6.45) is 4.77. The lowest BCUT2D eigenvalue weighted by Crippen LogP contribution is -2.40. The highest BCUT2D eigenvalue weighted by Crippen LogP contribution is 2.21. The van der Waals surface area contributed by atoms with Gasteiger partial charge >= 0.3 is 5.97 Å². The van der Waals surface area contributed by atoms with Gasteiger partial charge in [-0.05, 0) is 25.0 Å². The highest BCUT2D eigenvalue weighted by molar-refractivity contribution is 5.94. The number of carbonyl (C=O) groups is 2. The van der Waals surface area contributed by atoms with Gasteiger partial charge in [0.1, 0.15) is 11.8 Å². The molecule has 0 aromatic carbocycles. The van der Waals surface area contributed by atoms with Crippen LogP contribution in [0.25, 0.3) is 0 Å². The van der Waals surface area contributed by atoms with Gasteiger partial charge in [-0.25, -0.2) is 4.79 Å². The van der Waals surface area contributed by atoms with Crippen molar-refractivity contribution in [2.24, 2.45) is 0 Å². The number of nitrogens with zero attached hydrogens (tertiary/aromatic N) is 2. The van der Waals surface area contributed by atoms with Crippen molar-refractivity contribution in [2.75, 3.05) is 19.6 Å². The highest BCUT2D eigenvalue weighted by Gasteiger charge is 2.35. The van der Waals surface area contributed by atoms with Crippen LogP contribution in [0.2, 0.25) is 0 Å². The van der Waals surface area contributed by atoms with E-state index in [4.69, 9.17) is 4.42 Å². The minimum atomic E-state index is -0.967. The predicted molar refractivity (Wildman–Crippen MR) is 86.1 cm³/mol. The van der Waals surface area contributed by atoms with E-state index in [1.54, 1.807) is 24.3 Å². The zero-order valence-electron chi connectivity index (χ0n) is 13.1. The van der Waals surface area contributed by atoms with Crippen LogP contribution in [0.15, 0.2) is 41.9 Å². The Kier molecular flexibility index (Phi) is 5.76. The quantitative estimate of drug-likeness (QED) is 0.743. The van der Waals surface area contributed by atoms with Crippen LogP contribution >= 0.6 is 0 Å².